The Balaban J connectivity index is 1.82. The number of carbonyl (C=O) groups excluding carboxylic acids is 1. The van der Waals surface area contributed by atoms with E-state index in [2.05, 4.69) is 0 Å². The molecule has 1 atom stereocenters. The maximum atomic E-state index is 12.0. The summed E-state index contributed by atoms with van der Waals surface area (Å²) in [6.45, 7) is 4.98. The van der Waals surface area contributed by atoms with E-state index in [1.165, 1.54) is 0 Å². The lowest BCUT2D eigenvalue weighted by Crippen LogP contribution is -2.58. The minimum Gasteiger partial charge on any atom is -0.493 e. The number of nitrogens with zero attached hydrogens (tertiary/aromatic N) is 1. The molecule has 1 N–H and O–H groups in total. The van der Waals surface area contributed by atoms with Crippen LogP contribution in [0.2, 0.25) is 0 Å². The van der Waals surface area contributed by atoms with Gasteiger partial charge in [0.05, 0.1) is 20.2 Å². The van der Waals surface area contributed by atoms with Crippen molar-refractivity contribution in [1.29, 1.82) is 0 Å². The SMILES string of the molecule is COc1ccccc1OC1CN(C(=O)C(O)CC(C)C)C1. The van der Waals surface area contributed by atoms with Crippen molar-refractivity contribution in [3.8, 4) is 11.5 Å². The Morgan fingerprint density at radius 3 is 2.52 bits per heavy atom. The molecule has 1 aromatic carbocycles. The van der Waals surface area contributed by atoms with Gasteiger partial charge < -0.3 is 19.5 Å². The van der Waals surface area contributed by atoms with Crippen LogP contribution in [0.5, 0.6) is 11.5 Å². The Morgan fingerprint density at radius 1 is 1.33 bits per heavy atom. The van der Waals surface area contributed by atoms with Crippen LogP contribution in [0, 0.1) is 5.92 Å². The number of carbonyl (C=O) groups is 1. The number of rotatable bonds is 6. The molecule has 116 valence electrons. The van der Waals surface area contributed by atoms with Gasteiger partial charge in [0.2, 0.25) is 0 Å². The molecule has 1 heterocycles. The second kappa shape index (κ2) is 6.80. The third-order valence-corrected chi connectivity index (χ3v) is 3.50. The van der Waals surface area contributed by atoms with Crippen molar-refractivity contribution < 1.29 is 19.4 Å². The van der Waals surface area contributed by atoms with Crippen LogP contribution in [-0.2, 0) is 4.79 Å². The molecule has 0 aromatic heterocycles. The number of hydrogen-bond acceptors (Lipinski definition) is 4. The Hall–Kier alpha value is -1.75. The van der Waals surface area contributed by atoms with Crippen LogP contribution in [0.15, 0.2) is 24.3 Å². The Bertz CT molecular complexity index is 483. The van der Waals surface area contributed by atoms with Crippen LogP contribution in [0.25, 0.3) is 0 Å². The standard InChI is InChI=1S/C16H23NO4/c1-11(2)8-13(18)16(19)17-9-12(10-17)21-15-7-5-4-6-14(15)20-3/h4-7,11-13,18H,8-10H2,1-3H3. The van der Waals surface area contributed by atoms with E-state index >= 15 is 0 Å². The van der Waals surface area contributed by atoms with Crippen molar-refractivity contribution in [2.45, 2.75) is 32.5 Å². The fourth-order valence-electron chi connectivity index (χ4n) is 2.35. The zero-order valence-electron chi connectivity index (χ0n) is 12.8. The average molecular weight is 293 g/mol. The number of methoxy groups -OCH3 is 1. The van der Waals surface area contributed by atoms with Crippen molar-refractivity contribution in [2.75, 3.05) is 20.2 Å². The van der Waals surface area contributed by atoms with Gasteiger partial charge in [0.1, 0.15) is 12.2 Å². The average Bonchev–Trinajstić information content (AvgIpc) is 2.41. The largest absolute Gasteiger partial charge is 0.493 e. The minimum absolute atomic E-state index is 0.0449. The molecule has 21 heavy (non-hydrogen) atoms. The van der Waals surface area contributed by atoms with Gasteiger partial charge >= 0.3 is 0 Å². The Labute approximate surface area is 125 Å². The molecule has 0 bridgehead atoms. The fraction of sp³-hybridized carbons (Fsp3) is 0.562. The summed E-state index contributed by atoms with van der Waals surface area (Å²) in [6, 6.07) is 7.44. The molecule has 1 aliphatic rings. The van der Waals surface area contributed by atoms with Gasteiger partial charge in [-0.1, -0.05) is 26.0 Å². The van der Waals surface area contributed by atoms with E-state index < -0.39 is 6.10 Å². The van der Waals surface area contributed by atoms with Gasteiger partial charge in [0, 0.05) is 0 Å². The molecular formula is C16H23NO4. The number of aliphatic hydroxyl groups excluding tert-OH is 1. The predicted molar refractivity (Wildman–Crippen MR) is 79.5 cm³/mol. The molecule has 1 aromatic rings. The first-order valence-corrected chi connectivity index (χ1v) is 7.27. The predicted octanol–water partition coefficient (Wildman–Crippen LogP) is 1.69. The van der Waals surface area contributed by atoms with Crippen LogP contribution in [0.3, 0.4) is 0 Å². The van der Waals surface area contributed by atoms with Gasteiger partial charge in [-0.05, 0) is 24.5 Å². The van der Waals surface area contributed by atoms with Crippen molar-refractivity contribution in [2.24, 2.45) is 5.92 Å². The molecule has 0 radical (unpaired) electrons. The lowest BCUT2D eigenvalue weighted by molar-refractivity contribution is -0.150. The summed E-state index contributed by atoms with van der Waals surface area (Å²) in [7, 11) is 1.60. The third-order valence-electron chi connectivity index (χ3n) is 3.50. The molecule has 1 aliphatic heterocycles. The monoisotopic (exact) mass is 293 g/mol. The molecular weight excluding hydrogens is 270 g/mol. The van der Waals surface area contributed by atoms with E-state index in [-0.39, 0.29) is 12.0 Å². The fourth-order valence-corrected chi connectivity index (χ4v) is 2.35. The molecule has 1 fully saturated rings. The number of likely N-dealkylation sites (tertiary alicyclic amines) is 1. The molecule has 0 aliphatic carbocycles. The van der Waals surface area contributed by atoms with Crippen LogP contribution in [0.4, 0.5) is 0 Å². The highest BCUT2D eigenvalue weighted by Gasteiger charge is 2.35. The molecule has 1 unspecified atom stereocenters. The van der Waals surface area contributed by atoms with Gasteiger partial charge in [-0.15, -0.1) is 0 Å². The molecule has 5 nitrogen and oxygen atoms in total. The van der Waals surface area contributed by atoms with Crippen molar-refractivity contribution in [3.05, 3.63) is 24.3 Å². The third kappa shape index (κ3) is 3.88. The summed E-state index contributed by atoms with van der Waals surface area (Å²) in [5, 5.41) is 9.83. The lowest BCUT2D eigenvalue weighted by Gasteiger charge is -2.40. The number of aliphatic hydroxyl groups is 1. The minimum atomic E-state index is -0.905. The van der Waals surface area contributed by atoms with E-state index in [0.29, 0.717) is 36.9 Å². The molecule has 1 saturated heterocycles. The highest BCUT2D eigenvalue weighted by atomic mass is 16.5. The highest BCUT2D eigenvalue weighted by Crippen LogP contribution is 2.28. The molecule has 2 rings (SSSR count). The van der Waals surface area contributed by atoms with Crippen LogP contribution >= 0.6 is 0 Å². The Kier molecular flexibility index (Phi) is 5.07. The zero-order chi connectivity index (χ0) is 15.4. The second-order valence-electron chi connectivity index (χ2n) is 5.78. The second-order valence-corrected chi connectivity index (χ2v) is 5.78. The zero-order valence-corrected chi connectivity index (χ0v) is 12.8. The summed E-state index contributed by atoms with van der Waals surface area (Å²) in [6.07, 6.45) is -0.457. The van der Waals surface area contributed by atoms with E-state index in [4.69, 9.17) is 9.47 Å². The van der Waals surface area contributed by atoms with Crippen LogP contribution in [0.1, 0.15) is 20.3 Å². The quantitative estimate of drug-likeness (QED) is 0.867. The van der Waals surface area contributed by atoms with Crippen LogP contribution < -0.4 is 9.47 Å². The molecule has 5 heteroatoms. The van der Waals surface area contributed by atoms with E-state index in [0.717, 1.165) is 0 Å². The van der Waals surface area contributed by atoms with E-state index in [1.807, 2.05) is 38.1 Å². The highest BCUT2D eigenvalue weighted by molar-refractivity contribution is 5.81. The molecule has 0 saturated carbocycles. The number of ether oxygens (including phenoxy) is 2. The summed E-state index contributed by atoms with van der Waals surface area (Å²) in [5.74, 6) is 1.45. The first-order chi connectivity index (χ1) is 10.0. The number of hydrogen-bond donors (Lipinski definition) is 1. The smallest absolute Gasteiger partial charge is 0.251 e. The molecule has 1 amide bonds. The summed E-state index contributed by atoms with van der Waals surface area (Å²) in [5.41, 5.74) is 0. The first-order valence-electron chi connectivity index (χ1n) is 7.27. The topological polar surface area (TPSA) is 59.0 Å². The van der Waals surface area contributed by atoms with Gasteiger partial charge in [-0.25, -0.2) is 0 Å². The first kappa shape index (κ1) is 15.6. The van der Waals surface area contributed by atoms with Gasteiger partial charge in [0.25, 0.3) is 5.91 Å². The van der Waals surface area contributed by atoms with Crippen molar-refractivity contribution in [3.63, 3.8) is 0 Å². The number of amides is 1. The number of benzene rings is 1. The Morgan fingerprint density at radius 2 is 1.95 bits per heavy atom. The lowest BCUT2D eigenvalue weighted by atomic mass is 10.0. The summed E-state index contributed by atoms with van der Waals surface area (Å²) < 4.78 is 11.0. The number of para-hydroxylation sites is 2. The van der Waals surface area contributed by atoms with Crippen LogP contribution in [-0.4, -0.2) is 48.3 Å². The van der Waals surface area contributed by atoms with Crippen molar-refractivity contribution >= 4 is 5.91 Å². The summed E-state index contributed by atoms with van der Waals surface area (Å²) >= 11 is 0. The summed E-state index contributed by atoms with van der Waals surface area (Å²) in [4.78, 5) is 13.6. The van der Waals surface area contributed by atoms with Crippen molar-refractivity contribution in [1.82, 2.24) is 4.90 Å². The van der Waals surface area contributed by atoms with E-state index in [9.17, 15) is 9.90 Å². The molecule has 0 spiro atoms. The normalized spacial score (nSPS) is 16.5. The van der Waals surface area contributed by atoms with Gasteiger partial charge in [-0.3, -0.25) is 4.79 Å². The maximum absolute atomic E-state index is 12.0. The van der Waals surface area contributed by atoms with E-state index in [1.54, 1.807) is 12.0 Å². The van der Waals surface area contributed by atoms with Gasteiger partial charge in [0.15, 0.2) is 11.5 Å². The van der Waals surface area contributed by atoms with Gasteiger partial charge in [-0.2, -0.15) is 0 Å². The maximum Gasteiger partial charge on any atom is 0.251 e.